The molecule has 0 aliphatic heterocycles. The van der Waals surface area contributed by atoms with Gasteiger partial charge in [0.15, 0.2) is 0 Å². The maximum atomic E-state index is 6.25. The highest BCUT2D eigenvalue weighted by Crippen LogP contribution is 2.29. The predicted molar refractivity (Wildman–Crippen MR) is 80.8 cm³/mol. The molecular weight excluding hydrogens is 328 g/mol. The molecule has 19 heavy (non-hydrogen) atoms. The molecule has 0 spiro atoms. The number of halogens is 2. The first-order valence-electron chi connectivity index (χ1n) is 6.10. The van der Waals surface area contributed by atoms with E-state index in [1.165, 1.54) is 0 Å². The average molecular weight is 344 g/mol. The Morgan fingerprint density at radius 3 is 2.95 bits per heavy atom. The SMILES string of the molecule is CCCn1ncc(Cl)c1C(NN)c1cccc(Br)c1. The Bertz CT molecular complexity index is 555. The molecule has 4 nitrogen and oxygen atoms in total. The van der Waals surface area contributed by atoms with E-state index in [1.807, 2.05) is 28.9 Å². The molecule has 1 aromatic heterocycles. The molecule has 0 amide bonds. The Morgan fingerprint density at radius 1 is 1.53 bits per heavy atom. The van der Waals surface area contributed by atoms with Crippen molar-refractivity contribution in [2.24, 2.45) is 5.84 Å². The van der Waals surface area contributed by atoms with Crippen LogP contribution in [0.3, 0.4) is 0 Å². The largest absolute Gasteiger partial charge is 0.271 e. The fourth-order valence-corrected chi connectivity index (χ4v) is 2.74. The van der Waals surface area contributed by atoms with Crippen molar-refractivity contribution in [2.45, 2.75) is 25.9 Å². The van der Waals surface area contributed by atoms with Crippen LogP contribution in [-0.4, -0.2) is 9.78 Å². The van der Waals surface area contributed by atoms with Crippen LogP contribution in [-0.2, 0) is 6.54 Å². The molecule has 1 unspecified atom stereocenters. The van der Waals surface area contributed by atoms with Gasteiger partial charge in [-0.25, -0.2) is 5.43 Å². The van der Waals surface area contributed by atoms with Gasteiger partial charge in [0.2, 0.25) is 0 Å². The van der Waals surface area contributed by atoms with Crippen LogP contribution in [0.5, 0.6) is 0 Å². The van der Waals surface area contributed by atoms with Crippen molar-refractivity contribution < 1.29 is 0 Å². The zero-order valence-electron chi connectivity index (χ0n) is 10.6. The van der Waals surface area contributed by atoms with Crippen LogP contribution < -0.4 is 11.3 Å². The van der Waals surface area contributed by atoms with Crippen molar-refractivity contribution in [1.82, 2.24) is 15.2 Å². The number of aromatic nitrogens is 2. The van der Waals surface area contributed by atoms with Gasteiger partial charge in [-0.1, -0.05) is 46.6 Å². The van der Waals surface area contributed by atoms with Gasteiger partial charge in [-0.05, 0) is 24.1 Å². The summed E-state index contributed by atoms with van der Waals surface area (Å²) in [5, 5.41) is 4.92. The lowest BCUT2D eigenvalue weighted by Crippen LogP contribution is -2.31. The van der Waals surface area contributed by atoms with Gasteiger partial charge in [-0.3, -0.25) is 10.5 Å². The van der Waals surface area contributed by atoms with Gasteiger partial charge in [0.05, 0.1) is 23.0 Å². The van der Waals surface area contributed by atoms with Crippen LogP contribution in [0.2, 0.25) is 5.02 Å². The van der Waals surface area contributed by atoms with E-state index in [1.54, 1.807) is 6.20 Å². The number of aryl methyl sites for hydroxylation is 1. The summed E-state index contributed by atoms with van der Waals surface area (Å²) in [4.78, 5) is 0. The van der Waals surface area contributed by atoms with Gasteiger partial charge < -0.3 is 0 Å². The van der Waals surface area contributed by atoms with Crippen LogP contribution in [0.25, 0.3) is 0 Å². The third-order valence-corrected chi connectivity index (χ3v) is 3.68. The summed E-state index contributed by atoms with van der Waals surface area (Å²) in [7, 11) is 0. The Hall–Kier alpha value is -0.880. The van der Waals surface area contributed by atoms with Crippen molar-refractivity contribution in [3.8, 4) is 0 Å². The van der Waals surface area contributed by atoms with Gasteiger partial charge in [-0.2, -0.15) is 5.10 Å². The number of nitrogens with zero attached hydrogens (tertiary/aromatic N) is 2. The molecule has 0 aliphatic rings. The fourth-order valence-electron chi connectivity index (χ4n) is 2.07. The summed E-state index contributed by atoms with van der Waals surface area (Å²) in [5.41, 5.74) is 4.75. The van der Waals surface area contributed by atoms with E-state index in [-0.39, 0.29) is 6.04 Å². The number of nitrogens with two attached hydrogens (primary N) is 1. The van der Waals surface area contributed by atoms with E-state index in [0.717, 1.165) is 28.7 Å². The Labute approximate surface area is 126 Å². The Morgan fingerprint density at radius 2 is 2.32 bits per heavy atom. The minimum atomic E-state index is -0.181. The lowest BCUT2D eigenvalue weighted by Gasteiger charge is -2.19. The minimum absolute atomic E-state index is 0.181. The predicted octanol–water partition coefficient (Wildman–Crippen LogP) is 3.26. The maximum Gasteiger partial charge on any atom is 0.0893 e. The van der Waals surface area contributed by atoms with Crippen LogP contribution in [0.15, 0.2) is 34.9 Å². The average Bonchev–Trinajstić information content (AvgIpc) is 2.74. The van der Waals surface area contributed by atoms with Gasteiger partial charge >= 0.3 is 0 Å². The number of hydrogen-bond donors (Lipinski definition) is 2. The highest BCUT2D eigenvalue weighted by atomic mass is 79.9. The lowest BCUT2D eigenvalue weighted by atomic mass is 10.0. The molecule has 1 heterocycles. The highest BCUT2D eigenvalue weighted by Gasteiger charge is 2.21. The normalized spacial score (nSPS) is 12.6. The summed E-state index contributed by atoms with van der Waals surface area (Å²) in [5.74, 6) is 5.71. The van der Waals surface area contributed by atoms with E-state index in [9.17, 15) is 0 Å². The van der Waals surface area contributed by atoms with Crippen molar-refractivity contribution >= 4 is 27.5 Å². The van der Waals surface area contributed by atoms with E-state index < -0.39 is 0 Å². The van der Waals surface area contributed by atoms with Crippen LogP contribution in [0.1, 0.15) is 30.6 Å². The summed E-state index contributed by atoms with van der Waals surface area (Å²) < 4.78 is 2.90. The summed E-state index contributed by atoms with van der Waals surface area (Å²) in [6, 6.07) is 7.79. The molecule has 0 fully saturated rings. The first kappa shape index (κ1) is 14.5. The first-order valence-corrected chi connectivity index (χ1v) is 7.27. The van der Waals surface area contributed by atoms with Gasteiger partial charge in [0.25, 0.3) is 0 Å². The topological polar surface area (TPSA) is 55.9 Å². The molecule has 6 heteroatoms. The second-order valence-electron chi connectivity index (χ2n) is 4.26. The van der Waals surface area contributed by atoms with Gasteiger partial charge in [0, 0.05) is 11.0 Å². The van der Waals surface area contributed by atoms with Crippen LogP contribution >= 0.6 is 27.5 Å². The zero-order chi connectivity index (χ0) is 13.8. The van der Waals surface area contributed by atoms with E-state index in [4.69, 9.17) is 17.4 Å². The Balaban J connectivity index is 2.44. The first-order chi connectivity index (χ1) is 9.17. The third kappa shape index (κ3) is 3.17. The Kier molecular flexibility index (Phi) is 4.99. The van der Waals surface area contributed by atoms with Crippen molar-refractivity contribution in [3.63, 3.8) is 0 Å². The standard InChI is InChI=1S/C13H16BrClN4/c1-2-6-19-13(11(15)8-17-19)12(18-16)9-4-3-5-10(14)7-9/h3-5,7-8,12,18H,2,6,16H2,1H3. The maximum absolute atomic E-state index is 6.25. The number of nitrogens with one attached hydrogen (secondary N) is 1. The second kappa shape index (κ2) is 6.52. The van der Waals surface area contributed by atoms with E-state index in [2.05, 4.69) is 33.4 Å². The molecule has 2 aromatic rings. The monoisotopic (exact) mass is 342 g/mol. The number of rotatable bonds is 5. The smallest absolute Gasteiger partial charge is 0.0893 e. The molecular formula is C13H16BrClN4. The number of hydrazine groups is 1. The molecule has 0 bridgehead atoms. The highest BCUT2D eigenvalue weighted by molar-refractivity contribution is 9.10. The number of hydrogen-bond acceptors (Lipinski definition) is 3. The van der Waals surface area contributed by atoms with Gasteiger partial charge in [0.1, 0.15) is 0 Å². The molecule has 0 aliphatic carbocycles. The quantitative estimate of drug-likeness (QED) is 0.647. The van der Waals surface area contributed by atoms with Gasteiger partial charge in [-0.15, -0.1) is 0 Å². The molecule has 2 rings (SSSR count). The molecule has 1 atom stereocenters. The summed E-state index contributed by atoms with van der Waals surface area (Å²) >= 11 is 9.72. The van der Waals surface area contributed by atoms with Crippen LogP contribution in [0.4, 0.5) is 0 Å². The second-order valence-corrected chi connectivity index (χ2v) is 5.58. The van der Waals surface area contributed by atoms with Crippen molar-refractivity contribution in [1.29, 1.82) is 0 Å². The number of benzene rings is 1. The molecule has 102 valence electrons. The van der Waals surface area contributed by atoms with Crippen LogP contribution in [0, 0.1) is 0 Å². The molecule has 0 saturated carbocycles. The molecule has 3 N–H and O–H groups in total. The van der Waals surface area contributed by atoms with Crippen molar-refractivity contribution in [3.05, 3.63) is 51.2 Å². The zero-order valence-corrected chi connectivity index (χ0v) is 12.9. The molecule has 0 saturated heterocycles. The molecule has 0 radical (unpaired) electrons. The van der Waals surface area contributed by atoms with E-state index >= 15 is 0 Å². The minimum Gasteiger partial charge on any atom is -0.271 e. The fraction of sp³-hybridized carbons (Fsp3) is 0.308. The van der Waals surface area contributed by atoms with E-state index in [0.29, 0.717) is 5.02 Å². The summed E-state index contributed by atoms with van der Waals surface area (Å²) in [6.45, 7) is 2.91. The van der Waals surface area contributed by atoms with Crippen molar-refractivity contribution in [2.75, 3.05) is 0 Å². The third-order valence-electron chi connectivity index (χ3n) is 2.89. The lowest BCUT2D eigenvalue weighted by molar-refractivity contribution is 0.521. The molecule has 1 aromatic carbocycles. The summed E-state index contributed by atoms with van der Waals surface area (Å²) in [6.07, 6.45) is 2.65.